The van der Waals surface area contributed by atoms with Crippen molar-refractivity contribution >= 4 is 42.7 Å². The maximum Gasteiger partial charge on any atom is 0.407 e. The number of alkyl carbamates (subject to hydrolysis) is 6. The first kappa shape index (κ1) is 78.6. The minimum absolute atomic E-state index is 0.0255. The summed E-state index contributed by atoms with van der Waals surface area (Å²) in [4.78, 5) is 75.2. The van der Waals surface area contributed by atoms with E-state index in [2.05, 4.69) is 42.0 Å². The number of carboxylic acid groups (broad SMARTS) is 1. The molecule has 456 valence electrons. The van der Waals surface area contributed by atoms with Crippen LogP contribution in [0.25, 0.3) is 0 Å². The first-order valence-electron chi connectivity index (χ1n) is 27.9. The molecule has 0 atom stereocenters. The average molecular weight is 1120 g/mol. The van der Waals surface area contributed by atoms with Gasteiger partial charge in [0.25, 0.3) is 0 Å². The van der Waals surface area contributed by atoms with E-state index >= 15 is 0 Å². The van der Waals surface area contributed by atoms with Crippen LogP contribution in [0.5, 0.6) is 0 Å². The molecule has 0 unspecified atom stereocenters. The Morgan fingerprint density at radius 2 is 0.782 bits per heavy atom. The lowest BCUT2D eigenvalue weighted by molar-refractivity contribution is 0.0511. The van der Waals surface area contributed by atoms with Gasteiger partial charge in [0.05, 0.1) is 25.9 Å². The molecular weight excluding hydrogens is 1010 g/mol. The topological polar surface area (TPSA) is 279 Å². The number of carbonyl (C=O) groups is 7. The summed E-state index contributed by atoms with van der Waals surface area (Å²) in [5, 5.41) is 26.1. The summed E-state index contributed by atoms with van der Waals surface area (Å²) >= 11 is 0. The quantitative estimate of drug-likeness (QED) is 0.0759. The van der Waals surface area contributed by atoms with Gasteiger partial charge in [-0.05, 0) is 182 Å². The summed E-state index contributed by atoms with van der Waals surface area (Å²) in [7, 11) is 0. The molecule has 2 aliphatic rings. The zero-order chi connectivity index (χ0) is 60.8. The molecule has 2 fully saturated rings. The Hall–Kier alpha value is -5.89. The molecule has 0 heterocycles. The molecule has 3 rings (SSSR count). The Balaban J connectivity index is -0.000000414. The summed E-state index contributed by atoms with van der Waals surface area (Å²) in [6, 6.07) is 10.5. The first-order valence-corrected chi connectivity index (χ1v) is 27.9. The van der Waals surface area contributed by atoms with Crippen LogP contribution >= 0.6 is 0 Å². The predicted octanol–water partition coefficient (Wildman–Crippen LogP) is 12.6. The van der Waals surface area contributed by atoms with Gasteiger partial charge in [0.2, 0.25) is 0 Å². The van der Waals surface area contributed by atoms with Crippen molar-refractivity contribution in [3.8, 4) is 0 Å². The Labute approximate surface area is 470 Å². The second kappa shape index (κ2) is 48.3. The van der Waals surface area contributed by atoms with Crippen LogP contribution in [0.2, 0.25) is 0 Å². The summed E-state index contributed by atoms with van der Waals surface area (Å²) < 4.78 is 29.6. The van der Waals surface area contributed by atoms with Crippen molar-refractivity contribution in [2.24, 2.45) is 11.8 Å². The van der Waals surface area contributed by atoms with Crippen LogP contribution in [-0.4, -0.2) is 122 Å². The van der Waals surface area contributed by atoms with Crippen LogP contribution < -0.4 is 37.2 Å². The molecule has 21 nitrogen and oxygen atoms in total. The molecular formula is C57H109N7O14. The number of amides is 7. The van der Waals surface area contributed by atoms with Gasteiger partial charge in [-0.3, -0.25) is 0 Å². The molecule has 0 aromatic heterocycles. The molecule has 2 aliphatic carbocycles. The third kappa shape index (κ3) is 64.4. The fourth-order valence-corrected chi connectivity index (χ4v) is 6.16. The number of ether oxygens (including phenoxy) is 6. The van der Waals surface area contributed by atoms with Crippen LogP contribution in [0, 0.1) is 11.8 Å². The minimum Gasteiger partial charge on any atom is -0.465 e. The molecule has 0 radical (unpaired) electrons. The Kier molecular flexibility index (Phi) is 48.6. The SMILES string of the molecule is CC(C)NC(=O)O.CC(C)NC(=O)OC(C)(C)C.CC(C)NC(=O)OC(C)C.CC(C)NC(=O)OCC1CCCC1.CC(C)NC(=O)OCC1CCCCC1.CC(C)NC(=O)OCc1ccccc1.CCOC(=O)NC(C)C. The van der Waals surface area contributed by atoms with Crippen molar-refractivity contribution in [3.63, 3.8) is 0 Å². The lowest BCUT2D eigenvalue weighted by Gasteiger charge is -2.21. The van der Waals surface area contributed by atoms with E-state index < -0.39 is 11.7 Å². The number of nitrogens with one attached hydrogen (secondary N) is 7. The van der Waals surface area contributed by atoms with Gasteiger partial charge < -0.3 is 70.7 Å². The Morgan fingerprint density at radius 3 is 1.09 bits per heavy atom. The number of carbonyl (C=O) groups excluding carboxylic acids is 6. The lowest BCUT2D eigenvalue weighted by atomic mass is 9.90. The van der Waals surface area contributed by atoms with E-state index in [0.29, 0.717) is 38.3 Å². The molecule has 7 amide bonds. The number of rotatable bonds is 15. The highest BCUT2D eigenvalue weighted by atomic mass is 16.6. The molecule has 0 bridgehead atoms. The van der Waals surface area contributed by atoms with Gasteiger partial charge in [-0.2, -0.15) is 0 Å². The maximum atomic E-state index is 11.2. The van der Waals surface area contributed by atoms with Crippen molar-refractivity contribution in [1.82, 2.24) is 37.2 Å². The summed E-state index contributed by atoms with van der Waals surface area (Å²) in [5.41, 5.74) is 0.588. The molecule has 0 saturated heterocycles. The first-order chi connectivity index (χ1) is 36.2. The fourth-order valence-electron chi connectivity index (χ4n) is 6.16. The number of hydrogen-bond acceptors (Lipinski definition) is 13. The largest absolute Gasteiger partial charge is 0.465 e. The molecule has 0 spiro atoms. The van der Waals surface area contributed by atoms with E-state index in [1.54, 1.807) is 20.8 Å². The molecule has 78 heavy (non-hydrogen) atoms. The normalized spacial score (nSPS) is 12.8. The van der Waals surface area contributed by atoms with Gasteiger partial charge in [-0.15, -0.1) is 0 Å². The van der Waals surface area contributed by atoms with Gasteiger partial charge in [0.15, 0.2) is 0 Å². The van der Waals surface area contributed by atoms with E-state index in [4.69, 9.17) is 28.8 Å². The molecule has 8 N–H and O–H groups in total. The highest BCUT2D eigenvalue weighted by molar-refractivity contribution is 5.69. The monoisotopic (exact) mass is 1120 g/mol. The van der Waals surface area contributed by atoms with Crippen molar-refractivity contribution in [3.05, 3.63) is 35.9 Å². The van der Waals surface area contributed by atoms with E-state index in [1.807, 2.05) is 148 Å². The summed E-state index contributed by atoms with van der Waals surface area (Å²) in [5.74, 6) is 1.21. The standard InChI is InChI=1S/C11H21NO2.C11H15NO2.C10H19NO2.C8H17NO2.C7H15NO2.C6H13NO2.C4H9NO2/c2*1-9(2)12-11(13)14-8-10-6-4-3-5-7-10;1-8(2)11-10(12)13-7-9-5-3-4-6-9;1-6(2)9-7(10)11-8(3,4)5;1-5(2)8-7(9)10-6(3)4;1-4-9-6(8)7-5(2)3;1-3(2)5-4(6)7/h9-10H,3-8H2,1-2H3,(H,12,13);3-7,9H,8H2,1-2H3,(H,12,13);8-9H,3-7H2,1-2H3,(H,11,12);6H,1-5H3,(H,9,10);5-6H,1-4H3,(H,8,9);5H,4H2,1-3H3,(H,7,8);3,5H,1-2H3,(H,6,7). The minimum atomic E-state index is -0.963. The Morgan fingerprint density at radius 1 is 0.462 bits per heavy atom. The highest BCUT2D eigenvalue weighted by Gasteiger charge is 2.18. The smallest absolute Gasteiger partial charge is 0.407 e. The summed E-state index contributed by atoms with van der Waals surface area (Å²) in [6.45, 7) is 39.3. The van der Waals surface area contributed by atoms with Crippen LogP contribution in [0.4, 0.5) is 33.6 Å². The predicted molar refractivity (Wildman–Crippen MR) is 309 cm³/mol. The van der Waals surface area contributed by atoms with Crippen LogP contribution in [0.3, 0.4) is 0 Å². The van der Waals surface area contributed by atoms with Gasteiger partial charge in [-0.1, -0.05) is 62.4 Å². The van der Waals surface area contributed by atoms with Crippen LogP contribution in [-0.2, 0) is 35.0 Å². The number of hydrogen-bond donors (Lipinski definition) is 8. The fraction of sp³-hybridized carbons (Fsp3) is 0.772. The van der Waals surface area contributed by atoms with Crippen molar-refractivity contribution in [2.45, 2.75) is 257 Å². The van der Waals surface area contributed by atoms with Gasteiger partial charge in [0, 0.05) is 42.3 Å². The summed E-state index contributed by atoms with van der Waals surface area (Å²) in [6.07, 6.45) is 8.41. The van der Waals surface area contributed by atoms with E-state index in [9.17, 15) is 33.6 Å². The van der Waals surface area contributed by atoms with Gasteiger partial charge in [-0.25, -0.2) is 33.6 Å². The van der Waals surface area contributed by atoms with E-state index in [0.717, 1.165) is 5.56 Å². The second-order valence-electron chi connectivity index (χ2n) is 22.0. The van der Waals surface area contributed by atoms with Crippen LogP contribution in [0.15, 0.2) is 30.3 Å². The molecule has 2 saturated carbocycles. The van der Waals surface area contributed by atoms with E-state index in [1.165, 1.54) is 57.8 Å². The molecule has 1 aromatic carbocycles. The molecule has 0 aliphatic heterocycles. The lowest BCUT2D eigenvalue weighted by Crippen LogP contribution is -2.36. The second-order valence-corrected chi connectivity index (χ2v) is 22.0. The van der Waals surface area contributed by atoms with Crippen molar-refractivity contribution in [1.29, 1.82) is 0 Å². The Bertz CT molecular complexity index is 1680. The zero-order valence-electron chi connectivity index (χ0n) is 51.6. The van der Waals surface area contributed by atoms with E-state index in [-0.39, 0.29) is 85.0 Å². The van der Waals surface area contributed by atoms with Crippen molar-refractivity contribution in [2.75, 3.05) is 19.8 Å². The zero-order valence-corrected chi connectivity index (χ0v) is 51.6. The highest BCUT2D eigenvalue weighted by Crippen LogP contribution is 2.25. The third-order valence-electron chi connectivity index (χ3n) is 9.18. The van der Waals surface area contributed by atoms with Gasteiger partial charge >= 0.3 is 42.7 Å². The maximum absolute atomic E-state index is 11.2. The molecule has 21 heteroatoms. The van der Waals surface area contributed by atoms with Crippen LogP contribution in [0.1, 0.15) is 202 Å². The molecule has 1 aromatic rings. The average Bonchev–Trinajstić information content (AvgIpc) is 3.80. The number of benzene rings is 1. The third-order valence-corrected chi connectivity index (χ3v) is 9.18. The van der Waals surface area contributed by atoms with Crippen molar-refractivity contribution < 1.29 is 67.1 Å². The van der Waals surface area contributed by atoms with Gasteiger partial charge in [0.1, 0.15) is 12.2 Å².